The van der Waals surface area contributed by atoms with Crippen LogP contribution in [0.3, 0.4) is 0 Å². The Hall–Kier alpha value is -1.43. The molecule has 1 unspecified atom stereocenters. The third-order valence-electron chi connectivity index (χ3n) is 2.59. The number of hydrogen-bond acceptors (Lipinski definition) is 5. The van der Waals surface area contributed by atoms with Crippen LogP contribution in [0.25, 0.3) is 0 Å². The van der Waals surface area contributed by atoms with Gasteiger partial charge in [0.05, 0.1) is 19.3 Å². The first kappa shape index (κ1) is 10.1. The molecule has 0 bridgehead atoms. The van der Waals surface area contributed by atoms with Crippen LogP contribution in [0.5, 0.6) is 0 Å². The van der Waals surface area contributed by atoms with Crippen molar-refractivity contribution < 1.29 is 9.53 Å². The van der Waals surface area contributed by atoms with Crippen LogP contribution in [-0.4, -0.2) is 41.2 Å². The third-order valence-corrected chi connectivity index (χ3v) is 2.59. The van der Waals surface area contributed by atoms with E-state index in [0.29, 0.717) is 5.69 Å². The number of nitrogens with one attached hydrogen (secondary N) is 1. The zero-order valence-electron chi connectivity index (χ0n) is 8.64. The zero-order chi connectivity index (χ0) is 10.7. The van der Waals surface area contributed by atoms with E-state index < -0.39 is 0 Å². The summed E-state index contributed by atoms with van der Waals surface area (Å²) in [7, 11) is 1.36. The molecule has 1 N–H and O–H groups in total. The molecule has 0 radical (unpaired) electrons. The van der Waals surface area contributed by atoms with Gasteiger partial charge in [-0.25, -0.2) is 9.48 Å². The smallest absolute Gasteiger partial charge is 0.358 e. The Bertz CT molecular complexity index is 344. The van der Waals surface area contributed by atoms with Gasteiger partial charge < -0.3 is 10.1 Å². The van der Waals surface area contributed by atoms with Gasteiger partial charge in [-0.2, -0.15) is 0 Å². The van der Waals surface area contributed by atoms with Crippen LogP contribution in [0, 0.1) is 0 Å². The van der Waals surface area contributed by atoms with Crippen molar-refractivity contribution in [3.05, 3.63) is 11.9 Å². The van der Waals surface area contributed by atoms with Gasteiger partial charge in [-0.15, -0.1) is 5.10 Å². The van der Waals surface area contributed by atoms with Crippen LogP contribution >= 0.6 is 0 Å². The van der Waals surface area contributed by atoms with E-state index in [1.807, 2.05) is 0 Å². The molecule has 1 atom stereocenters. The molecule has 0 saturated carbocycles. The lowest BCUT2D eigenvalue weighted by Gasteiger charge is -2.23. The van der Waals surface area contributed by atoms with Crippen molar-refractivity contribution in [3.63, 3.8) is 0 Å². The second kappa shape index (κ2) is 4.39. The molecule has 1 aliphatic heterocycles. The molecule has 0 aliphatic carbocycles. The summed E-state index contributed by atoms with van der Waals surface area (Å²) in [6, 6.07) is 0.204. The molecule has 1 fully saturated rings. The second-order valence-electron chi connectivity index (χ2n) is 3.56. The summed E-state index contributed by atoms with van der Waals surface area (Å²) in [4.78, 5) is 11.4. The Morgan fingerprint density at radius 1 is 1.73 bits per heavy atom. The maximum Gasteiger partial charge on any atom is 0.358 e. The topological polar surface area (TPSA) is 69.0 Å². The van der Waals surface area contributed by atoms with Crippen LogP contribution in [0.2, 0.25) is 0 Å². The van der Waals surface area contributed by atoms with Gasteiger partial charge in [0, 0.05) is 6.54 Å². The lowest BCUT2D eigenvalue weighted by atomic mass is 10.1. The second-order valence-corrected chi connectivity index (χ2v) is 3.56. The number of esters is 1. The number of ether oxygens (including phenoxy) is 1. The normalized spacial score (nSPS) is 21.3. The number of nitrogens with zero attached hydrogens (tertiary/aromatic N) is 3. The Morgan fingerprint density at radius 3 is 3.27 bits per heavy atom. The number of piperidine rings is 1. The fourth-order valence-electron chi connectivity index (χ4n) is 1.81. The van der Waals surface area contributed by atoms with Crippen molar-refractivity contribution >= 4 is 5.97 Å². The number of carbonyl (C=O) groups excluding carboxylic acids is 1. The molecule has 6 heteroatoms. The number of aromatic nitrogens is 3. The average molecular weight is 210 g/mol. The quantitative estimate of drug-likeness (QED) is 0.695. The number of hydrogen-bond donors (Lipinski definition) is 1. The van der Waals surface area contributed by atoms with Gasteiger partial charge >= 0.3 is 5.97 Å². The zero-order valence-corrected chi connectivity index (χ0v) is 8.64. The van der Waals surface area contributed by atoms with E-state index in [4.69, 9.17) is 0 Å². The minimum absolute atomic E-state index is 0.204. The lowest BCUT2D eigenvalue weighted by molar-refractivity contribution is 0.0582. The van der Waals surface area contributed by atoms with Crippen LogP contribution in [0.1, 0.15) is 29.4 Å². The van der Waals surface area contributed by atoms with Gasteiger partial charge in [-0.05, 0) is 19.4 Å². The van der Waals surface area contributed by atoms with E-state index in [9.17, 15) is 4.79 Å². The molecule has 1 aromatic rings. The molecule has 82 valence electrons. The van der Waals surface area contributed by atoms with Gasteiger partial charge in [-0.3, -0.25) is 0 Å². The van der Waals surface area contributed by atoms with Crippen molar-refractivity contribution in [1.29, 1.82) is 0 Å². The maximum atomic E-state index is 11.4. The summed E-state index contributed by atoms with van der Waals surface area (Å²) in [5.41, 5.74) is 0.422. The largest absolute Gasteiger partial charge is 0.464 e. The molecule has 0 amide bonds. The fraction of sp³-hybridized carbons (Fsp3) is 0.667. The highest BCUT2D eigenvalue weighted by molar-refractivity contribution is 5.86. The molecule has 0 spiro atoms. The SMILES string of the molecule is COC(=O)c1cnnn1C1CCCNC1. The van der Waals surface area contributed by atoms with Crippen molar-refractivity contribution in [3.8, 4) is 0 Å². The molecule has 2 rings (SSSR count). The number of rotatable bonds is 2. The molecule has 1 aromatic heterocycles. The predicted molar refractivity (Wildman–Crippen MR) is 52.5 cm³/mol. The summed E-state index contributed by atoms with van der Waals surface area (Å²) in [5, 5.41) is 11.0. The van der Waals surface area contributed by atoms with Gasteiger partial charge in [0.2, 0.25) is 0 Å². The molecular weight excluding hydrogens is 196 g/mol. The molecule has 2 heterocycles. The first-order valence-corrected chi connectivity index (χ1v) is 5.02. The highest BCUT2D eigenvalue weighted by atomic mass is 16.5. The minimum atomic E-state index is -0.384. The molecule has 1 aliphatic rings. The molecular formula is C9H14N4O2. The maximum absolute atomic E-state index is 11.4. The van der Waals surface area contributed by atoms with E-state index in [1.165, 1.54) is 13.3 Å². The van der Waals surface area contributed by atoms with E-state index in [1.54, 1.807) is 4.68 Å². The molecule has 0 aromatic carbocycles. The van der Waals surface area contributed by atoms with Gasteiger partial charge in [0.15, 0.2) is 5.69 Å². The van der Waals surface area contributed by atoms with Crippen LogP contribution in [0.15, 0.2) is 6.20 Å². The van der Waals surface area contributed by atoms with Crippen LogP contribution in [-0.2, 0) is 4.74 Å². The van der Waals surface area contributed by atoms with E-state index in [0.717, 1.165) is 25.9 Å². The van der Waals surface area contributed by atoms with Crippen molar-refractivity contribution in [1.82, 2.24) is 20.3 Å². The average Bonchev–Trinajstić information content (AvgIpc) is 2.78. The third kappa shape index (κ3) is 1.99. The highest BCUT2D eigenvalue weighted by Crippen LogP contribution is 2.17. The molecule has 1 saturated heterocycles. The highest BCUT2D eigenvalue weighted by Gasteiger charge is 2.22. The van der Waals surface area contributed by atoms with Crippen molar-refractivity contribution in [2.45, 2.75) is 18.9 Å². The Kier molecular flexibility index (Phi) is 2.96. The number of carbonyl (C=O) groups is 1. The predicted octanol–water partition coefficient (Wildman–Crippen LogP) is -0.0108. The summed E-state index contributed by atoms with van der Waals surface area (Å²) in [6.45, 7) is 1.85. The summed E-state index contributed by atoms with van der Waals surface area (Å²) in [6.07, 6.45) is 3.55. The van der Waals surface area contributed by atoms with Gasteiger partial charge in [0.1, 0.15) is 0 Å². The minimum Gasteiger partial charge on any atom is -0.464 e. The Balaban J connectivity index is 2.19. The molecule has 15 heavy (non-hydrogen) atoms. The van der Waals surface area contributed by atoms with Crippen molar-refractivity contribution in [2.75, 3.05) is 20.2 Å². The summed E-state index contributed by atoms with van der Waals surface area (Å²) >= 11 is 0. The van der Waals surface area contributed by atoms with Crippen molar-refractivity contribution in [2.24, 2.45) is 0 Å². The molecule has 6 nitrogen and oxygen atoms in total. The number of methoxy groups -OCH3 is 1. The van der Waals surface area contributed by atoms with Gasteiger partial charge in [-0.1, -0.05) is 5.21 Å². The standard InChI is InChI=1S/C9H14N4O2/c1-15-9(14)8-6-11-12-13(8)7-3-2-4-10-5-7/h6-7,10H,2-5H2,1H3. The monoisotopic (exact) mass is 210 g/mol. The fourth-order valence-corrected chi connectivity index (χ4v) is 1.81. The summed E-state index contributed by atoms with van der Waals surface area (Å²) in [5.74, 6) is -0.384. The summed E-state index contributed by atoms with van der Waals surface area (Å²) < 4.78 is 6.32. The Morgan fingerprint density at radius 2 is 2.60 bits per heavy atom. The first-order valence-electron chi connectivity index (χ1n) is 5.02. The van der Waals surface area contributed by atoms with E-state index in [2.05, 4.69) is 20.4 Å². The van der Waals surface area contributed by atoms with Gasteiger partial charge in [0.25, 0.3) is 0 Å². The Labute approximate surface area is 87.6 Å². The lowest BCUT2D eigenvalue weighted by Crippen LogP contribution is -2.33. The van der Waals surface area contributed by atoms with Crippen LogP contribution < -0.4 is 5.32 Å². The van der Waals surface area contributed by atoms with E-state index in [-0.39, 0.29) is 12.0 Å². The van der Waals surface area contributed by atoms with Crippen LogP contribution in [0.4, 0.5) is 0 Å². The first-order chi connectivity index (χ1) is 7.33. The van der Waals surface area contributed by atoms with E-state index >= 15 is 0 Å².